The van der Waals surface area contributed by atoms with Crippen LogP contribution in [-0.2, 0) is 16.1 Å². The molecule has 124 valence electrons. The van der Waals surface area contributed by atoms with Gasteiger partial charge in [0.25, 0.3) is 0 Å². The number of rotatable bonds is 4. The van der Waals surface area contributed by atoms with Crippen LogP contribution in [0.4, 0.5) is 0 Å². The molecule has 1 atom stereocenters. The maximum Gasteiger partial charge on any atom is 0.228 e. The quantitative estimate of drug-likeness (QED) is 0.829. The molecule has 6 heteroatoms. The van der Waals surface area contributed by atoms with E-state index in [9.17, 15) is 9.59 Å². The number of hydrogen-bond acceptors (Lipinski definition) is 4. The van der Waals surface area contributed by atoms with E-state index in [-0.39, 0.29) is 17.7 Å². The minimum Gasteiger partial charge on any atom is -0.467 e. The van der Waals surface area contributed by atoms with E-state index in [1.807, 2.05) is 17.0 Å². The highest BCUT2D eigenvalue weighted by Gasteiger charge is 2.38. The molecule has 2 amide bonds. The van der Waals surface area contributed by atoms with Crippen LogP contribution in [0, 0.1) is 5.92 Å². The Morgan fingerprint density at radius 1 is 1.22 bits per heavy atom. The van der Waals surface area contributed by atoms with Crippen molar-refractivity contribution in [2.24, 2.45) is 5.92 Å². The van der Waals surface area contributed by atoms with Gasteiger partial charge in [0.2, 0.25) is 11.8 Å². The zero-order valence-corrected chi connectivity index (χ0v) is 13.3. The fourth-order valence-electron chi connectivity index (χ4n) is 3.69. The van der Waals surface area contributed by atoms with Gasteiger partial charge in [0, 0.05) is 45.2 Å². The normalized spacial score (nSPS) is 26.1. The molecule has 0 N–H and O–H groups in total. The van der Waals surface area contributed by atoms with Gasteiger partial charge in [-0.05, 0) is 25.0 Å². The van der Waals surface area contributed by atoms with Crippen molar-refractivity contribution in [1.29, 1.82) is 0 Å². The van der Waals surface area contributed by atoms with E-state index in [4.69, 9.17) is 4.42 Å². The second kappa shape index (κ2) is 6.00. The summed E-state index contributed by atoms with van der Waals surface area (Å²) in [5.74, 6) is 0.779. The molecule has 4 rings (SSSR count). The second-order valence-electron chi connectivity index (χ2n) is 6.85. The van der Waals surface area contributed by atoms with Gasteiger partial charge in [-0.1, -0.05) is 0 Å². The lowest BCUT2D eigenvalue weighted by Crippen LogP contribution is -2.51. The summed E-state index contributed by atoms with van der Waals surface area (Å²) < 4.78 is 5.30. The molecular formula is C17H23N3O3. The maximum atomic E-state index is 12.7. The Hall–Kier alpha value is -1.82. The molecule has 2 aliphatic heterocycles. The van der Waals surface area contributed by atoms with Crippen LogP contribution in [0.5, 0.6) is 0 Å². The third-order valence-corrected chi connectivity index (χ3v) is 5.18. The average molecular weight is 317 g/mol. The molecule has 3 fully saturated rings. The molecule has 1 unspecified atom stereocenters. The summed E-state index contributed by atoms with van der Waals surface area (Å²) in [5.41, 5.74) is 0. The minimum atomic E-state index is -0.190. The summed E-state index contributed by atoms with van der Waals surface area (Å²) in [7, 11) is 0. The SMILES string of the molecule is O=C1CC(C(=O)N2CCN(C3CC3)CC2)CN1Cc1ccco1. The summed E-state index contributed by atoms with van der Waals surface area (Å²) >= 11 is 0. The Labute approximate surface area is 136 Å². The van der Waals surface area contributed by atoms with Gasteiger partial charge in [0.15, 0.2) is 0 Å². The summed E-state index contributed by atoms with van der Waals surface area (Å²) in [5, 5.41) is 0. The van der Waals surface area contributed by atoms with Crippen LogP contribution < -0.4 is 0 Å². The van der Waals surface area contributed by atoms with Crippen molar-refractivity contribution >= 4 is 11.8 Å². The Balaban J connectivity index is 1.31. The van der Waals surface area contributed by atoms with Crippen LogP contribution in [0.15, 0.2) is 22.8 Å². The lowest BCUT2D eigenvalue weighted by molar-refractivity contribution is -0.137. The van der Waals surface area contributed by atoms with E-state index in [1.54, 1.807) is 11.2 Å². The molecule has 0 radical (unpaired) electrons. The van der Waals surface area contributed by atoms with Crippen LogP contribution in [-0.4, -0.2) is 65.3 Å². The number of amides is 2. The molecule has 3 aliphatic rings. The predicted molar refractivity (Wildman–Crippen MR) is 83.4 cm³/mol. The van der Waals surface area contributed by atoms with Gasteiger partial charge in [-0.15, -0.1) is 0 Å². The van der Waals surface area contributed by atoms with E-state index in [0.717, 1.165) is 38.0 Å². The van der Waals surface area contributed by atoms with Gasteiger partial charge in [-0.2, -0.15) is 0 Å². The zero-order chi connectivity index (χ0) is 15.8. The van der Waals surface area contributed by atoms with Crippen molar-refractivity contribution in [3.63, 3.8) is 0 Å². The summed E-state index contributed by atoms with van der Waals surface area (Å²) in [6.07, 6.45) is 4.57. The van der Waals surface area contributed by atoms with E-state index < -0.39 is 0 Å². The van der Waals surface area contributed by atoms with Crippen LogP contribution in [0.1, 0.15) is 25.0 Å². The number of nitrogens with zero attached hydrogens (tertiary/aromatic N) is 3. The number of likely N-dealkylation sites (tertiary alicyclic amines) is 1. The molecule has 2 saturated heterocycles. The van der Waals surface area contributed by atoms with Gasteiger partial charge in [0.1, 0.15) is 5.76 Å². The fourth-order valence-corrected chi connectivity index (χ4v) is 3.69. The molecule has 0 aromatic carbocycles. The highest BCUT2D eigenvalue weighted by Crippen LogP contribution is 2.28. The molecule has 0 bridgehead atoms. The summed E-state index contributed by atoms with van der Waals surface area (Å²) in [6.45, 7) is 4.54. The average Bonchev–Trinajstić information content (AvgIpc) is 3.18. The van der Waals surface area contributed by atoms with E-state index >= 15 is 0 Å². The highest BCUT2D eigenvalue weighted by molar-refractivity contribution is 5.89. The smallest absolute Gasteiger partial charge is 0.228 e. The first-order valence-corrected chi connectivity index (χ1v) is 8.53. The lowest BCUT2D eigenvalue weighted by atomic mass is 10.1. The topological polar surface area (TPSA) is 57.0 Å². The lowest BCUT2D eigenvalue weighted by Gasteiger charge is -2.36. The first-order valence-electron chi connectivity index (χ1n) is 8.53. The third-order valence-electron chi connectivity index (χ3n) is 5.18. The van der Waals surface area contributed by atoms with Crippen molar-refractivity contribution in [3.05, 3.63) is 24.2 Å². The molecule has 6 nitrogen and oxygen atoms in total. The molecule has 1 aliphatic carbocycles. The standard InChI is InChI=1S/C17H23N3O3/c21-16-10-13(11-20(16)12-15-2-1-9-23-15)17(22)19-7-5-18(6-8-19)14-3-4-14/h1-2,9,13-14H,3-8,10-12H2. The van der Waals surface area contributed by atoms with Crippen molar-refractivity contribution in [2.75, 3.05) is 32.7 Å². The van der Waals surface area contributed by atoms with Gasteiger partial charge in [-0.3, -0.25) is 14.5 Å². The number of hydrogen-bond donors (Lipinski definition) is 0. The van der Waals surface area contributed by atoms with Crippen LogP contribution in [0.2, 0.25) is 0 Å². The van der Waals surface area contributed by atoms with Gasteiger partial charge in [0.05, 0.1) is 18.7 Å². The molecule has 23 heavy (non-hydrogen) atoms. The first-order chi connectivity index (χ1) is 11.2. The largest absolute Gasteiger partial charge is 0.467 e. The molecular weight excluding hydrogens is 294 g/mol. The Bertz CT molecular complexity index is 574. The highest BCUT2D eigenvalue weighted by atomic mass is 16.3. The summed E-state index contributed by atoms with van der Waals surface area (Å²) in [4.78, 5) is 31.0. The zero-order valence-electron chi connectivity index (χ0n) is 13.3. The van der Waals surface area contributed by atoms with Crippen molar-refractivity contribution in [1.82, 2.24) is 14.7 Å². The van der Waals surface area contributed by atoms with Gasteiger partial charge in [-0.25, -0.2) is 0 Å². The molecule has 0 spiro atoms. The fraction of sp³-hybridized carbons (Fsp3) is 0.647. The Kier molecular flexibility index (Phi) is 3.85. The first kappa shape index (κ1) is 14.8. The van der Waals surface area contributed by atoms with E-state index in [2.05, 4.69) is 4.90 Å². The Morgan fingerprint density at radius 2 is 2.00 bits per heavy atom. The number of piperazine rings is 1. The Morgan fingerprint density at radius 3 is 2.65 bits per heavy atom. The van der Waals surface area contributed by atoms with Gasteiger partial charge >= 0.3 is 0 Å². The van der Waals surface area contributed by atoms with Crippen LogP contribution in [0.3, 0.4) is 0 Å². The van der Waals surface area contributed by atoms with Gasteiger partial charge < -0.3 is 14.2 Å². The maximum absolute atomic E-state index is 12.7. The number of carbonyl (C=O) groups is 2. The molecule has 1 aromatic rings. The van der Waals surface area contributed by atoms with Crippen molar-refractivity contribution in [2.45, 2.75) is 31.8 Å². The summed E-state index contributed by atoms with van der Waals surface area (Å²) in [6, 6.07) is 4.45. The van der Waals surface area contributed by atoms with Crippen LogP contribution >= 0.6 is 0 Å². The number of furan rings is 1. The second-order valence-corrected chi connectivity index (χ2v) is 6.85. The monoisotopic (exact) mass is 317 g/mol. The van der Waals surface area contributed by atoms with Crippen LogP contribution in [0.25, 0.3) is 0 Å². The predicted octanol–water partition coefficient (Wildman–Crippen LogP) is 0.935. The minimum absolute atomic E-state index is 0.0522. The molecule has 1 aromatic heterocycles. The van der Waals surface area contributed by atoms with Crippen molar-refractivity contribution < 1.29 is 14.0 Å². The molecule has 1 saturated carbocycles. The van der Waals surface area contributed by atoms with E-state index in [0.29, 0.717) is 19.5 Å². The number of carbonyl (C=O) groups excluding carboxylic acids is 2. The van der Waals surface area contributed by atoms with E-state index in [1.165, 1.54) is 12.8 Å². The third kappa shape index (κ3) is 3.13. The van der Waals surface area contributed by atoms with Crippen molar-refractivity contribution in [3.8, 4) is 0 Å². The molecule has 3 heterocycles.